The predicted molar refractivity (Wildman–Crippen MR) is 113 cm³/mol. The number of rotatable bonds is 5. The highest BCUT2D eigenvalue weighted by Gasteiger charge is 2.23. The zero-order chi connectivity index (χ0) is 20.3. The standard InChI is InChI=1S/C24H18FN3O2/c25-19-12-10-18(11-13-19)23-26-21-9-5-4-8-20(21)24(27-23)28(22-15-29-16-30-22)14-17-6-2-1-3-7-17/h1-13,15H,14,16H2. The number of nitrogens with zero attached hydrogens (tertiary/aromatic N) is 3. The molecule has 0 fully saturated rings. The van der Waals surface area contributed by atoms with Crippen LogP contribution in [-0.4, -0.2) is 16.8 Å². The fourth-order valence-electron chi connectivity index (χ4n) is 3.39. The lowest BCUT2D eigenvalue weighted by molar-refractivity contribution is 0.0782. The van der Waals surface area contributed by atoms with Crippen LogP contribution in [0.3, 0.4) is 0 Å². The SMILES string of the molecule is Fc1ccc(-c2nc(N(Cc3ccccc3)C3=COCO3)c3ccccc3n2)cc1. The van der Waals surface area contributed by atoms with E-state index in [4.69, 9.17) is 19.4 Å². The molecule has 0 unspecified atom stereocenters. The largest absolute Gasteiger partial charge is 0.459 e. The third-order valence-electron chi connectivity index (χ3n) is 4.85. The molecule has 1 aliphatic rings. The van der Waals surface area contributed by atoms with Crippen LogP contribution in [0.4, 0.5) is 10.2 Å². The van der Waals surface area contributed by atoms with Crippen molar-refractivity contribution in [1.82, 2.24) is 9.97 Å². The predicted octanol–water partition coefficient (Wildman–Crippen LogP) is 5.25. The number of para-hydroxylation sites is 1. The van der Waals surface area contributed by atoms with Crippen molar-refractivity contribution < 1.29 is 13.9 Å². The Bertz CT molecular complexity index is 1210. The number of ether oxygens (including phenoxy) is 2. The molecule has 148 valence electrons. The van der Waals surface area contributed by atoms with Crippen molar-refractivity contribution in [1.29, 1.82) is 0 Å². The van der Waals surface area contributed by atoms with E-state index < -0.39 is 0 Å². The summed E-state index contributed by atoms with van der Waals surface area (Å²) in [6.45, 7) is 0.703. The molecule has 0 radical (unpaired) electrons. The molecule has 6 heteroatoms. The normalized spacial score (nSPS) is 12.9. The van der Waals surface area contributed by atoms with Crippen LogP contribution >= 0.6 is 0 Å². The molecule has 0 atom stereocenters. The molecule has 0 spiro atoms. The van der Waals surface area contributed by atoms with E-state index in [1.54, 1.807) is 18.4 Å². The first-order chi connectivity index (χ1) is 14.8. The van der Waals surface area contributed by atoms with Gasteiger partial charge in [-0.25, -0.2) is 14.4 Å². The van der Waals surface area contributed by atoms with E-state index in [9.17, 15) is 4.39 Å². The fourth-order valence-corrected chi connectivity index (χ4v) is 3.39. The quantitative estimate of drug-likeness (QED) is 0.459. The maximum Gasteiger partial charge on any atom is 0.234 e. The smallest absolute Gasteiger partial charge is 0.234 e. The maximum absolute atomic E-state index is 13.4. The molecule has 4 aromatic rings. The molecule has 0 bridgehead atoms. The molecule has 30 heavy (non-hydrogen) atoms. The summed E-state index contributed by atoms with van der Waals surface area (Å²) in [5.41, 5.74) is 2.62. The Labute approximate surface area is 173 Å². The minimum Gasteiger partial charge on any atom is -0.459 e. The third-order valence-corrected chi connectivity index (χ3v) is 4.85. The molecular formula is C24H18FN3O2. The van der Waals surface area contributed by atoms with Gasteiger partial charge < -0.3 is 9.47 Å². The highest BCUT2D eigenvalue weighted by Crippen LogP contribution is 2.32. The van der Waals surface area contributed by atoms with Crippen molar-refractivity contribution >= 4 is 16.7 Å². The molecule has 1 aliphatic heterocycles. The van der Waals surface area contributed by atoms with Gasteiger partial charge in [-0.1, -0.05) is 42.5 Å². The number of fused-ring (bicyclic) bond motifs is 1. The van der Waals surface area contributed by atoms with Gasteiger partial charge in [0.05, 0.1) is 12.1 Å². The zero-order valence-corrected chi connectivity index (χ0v) is 16.0. The summed E-state index contributed by atoms with van der Waals surface area (Å²) in [6, 6.07) is 24.1. The van der Waals surface area contributed by atoms with Crippen LogP contribution in [0, 0.1) is 5.82 Å². The minimum absolute atomic E-state index is 0.161. The van der Waals surface area contributed by atoms with E-state index >= 15 is 0 Å². The van der Waals surface area contributed by atoms with E-state index in [-0.39, 0.29) is 12.6 Å². The molecule has 3 aromatic carbocycles. The van der Waals surface area contributed by atoms with Crippen LogP contribution in [0.2, 0.25) is 0 Å². The maximum atomic E-state index is 13.4. The third kappa shape index (κ3) is 3.55. The number of aromatic nitrogens is 2. The van der Waals surface area contributed by atoms with Gasteiger partial charge in [-0.05, 0) is 42.0 Å². The van der Waals surface area contributed by atoms with Gasteiger partial charge >= 0.3 is 0 Å². The average Bonchev–Trinajstić information content (AvgIpc) is 3.33. The molecule has 0 N–H and O–H groups in total. The number of halogens is 1. The number of hydrogen-bond donors (Lipinski definition) is 0. The second kappa shape index (κ2) is 7.83. The van der Waals surface area contributed by atoms with Crippen molar-refractivity contribution in [3.05, 3.63) is 102 Å². The van der Waals surface area contributed by atoms with Gasteiger partial charge in [-0.15, -0.1) is 0 Å². The molecule has 1 aromatic heterocycles. The van der Waals surface area contributed by atoms with Crippen LogP contribution in [0.1, 0.15) is 5.56 Å². The topological polar surface area (TPSA) is 47.5 Å². The summed E-state index contributed by atoms with van der Waals surface area (Å²) in [5, 5.41) is 0.885. The van der Waals surface area contributed by atoms with Crippen LogP contribution in [-0.2, 0) is 16.0 Å². The van der Waals surface area contributed by atoms with Crippen molar-refractivity contribution in [2.75, 3.05) is 11.7 Å². The van der Waals surface area contributed by atoms with Crippen molar-refractivity contribution in [2.24, 2.45) is 0 Å². The summed E-state index contributed by atoms with van der Waals surface area (Å²) >= 11 is 0. The van der Waals surface area contributed by atoms with Gasteiger partial charge in [-0.2, -0.15) is 0 Å². The molecule has 0 aliphatic carbocycles. The summed E-state index contributed by atoms with van der Waals surface area (Å²) < 4.78 is 24.5. The lowest BCUT2D eigenvalue weighted by Crippen LogP contribution is -2.24. The fraction of sp³-hybridized carbons (Fsp3) is 0.0833. The molecular weight excluding hydrogens is 381 g/mol. The summed E-state index contributed by atoms with van der Waals surface area (Å²) in [7, 11) is 0. The molecule has 0 amide bonds. The number of hydrogen-bond acceptors (Lipinski definition) is 5. The Kier molecular flexibility index (Phi) is 4.73. The van der Waals surface area contributed by atoms with Crippen LogP contribution < -0.4 is 4.90 Å². The van der Waals surface area contributed by atoms with E-state index in [0.29, 0.717) is 24.1 Å². The van der Waals surface area contributed by atoms with E-state index in [2.05, 4.69) is 0 Å². The van der Waals surface area contributed by atoms with E-state index in [0.717, 1.165) is 22.0 Å². The van der Waals surface area contributed by atoms with Gasteiger partial charge in [0.25, 0.3) is 0 Å². The molecule has 2 heterocycles. The summed E-state index contributed by atoms with van der Waals surface area (Å²) in [4.78, 5) is 11.5. The summed E-state index contributed by atoms with van der Waals surface area (Å²) in [6.07, 6.45) is 1.59. The van der Waals surface area contributed by atoms with Crippen LogP contribution in [0.15, 0.2) is 91.0 Å². The Morgan fingerprint density at radius 3 is 2.40 bits per heavy atom. The minimum atomic E-state index is -0.299. The Balaban J connectivity index is 1.68. The average molecular weight is 399 g/mol. The van der Waals surface area contributed by atoms with Crippen LogP contribution in [0.25, 0.3) is 22.3 Å². The number of anilines is 1. The molecule has 0 saturated carbocycles. The first-order valence-corrected chi connectivity index (χ1v) is 9.57. The van der Waals surface area contributed by atoms with E-state index in [1.807, 2.05) is 59.5 Å². The monoisotopic (exact) mass is 399 g/mol. The Morgan fingerprint density at radius 1 is 0.867 bits per heavy atom. The van der Waals surface area contributed by atoms with Crippen LogP contribution in [0.5, 0.6) is 0 Å². The number of benzene rings is 3. The molecule has 5 rings (SSSR count). The van der Waals surface area contributed by atoms with Crippen molar-refractivity contribution in [3.63, 3.8) is 0 Å². The Morgan fingerprint density at radius 2 is 1.63 bits per heavy atom. The Hall–Kier alpha value is -3.93. The second-order valence-corrected chi connectivity index (χ2v) is 6.85. The molecule has 0 saturated heterocycles. The van der Waals surface area contributed by atoms with Gasteiger partial charge in [0.15, 0.2) is 5.82 Å². The van der Waals surface area contributed by atoms with Gasteiger partial charge in [-0.3, -0.25) is 4.90 Å². The first kappa shape index (κ1) is 18.1. The van der Waals surface area contributed by atoms with Gasteiger partial charge in [0, 0.05) is 10.9 Å². The first-order valence-electron chi connectivity index (χ1n) is 9.57. The highest BCUT2D eigenvalue weighted by atomic mass is 19.1. The van der Waals surface area contributed by atoms with Gasteiger partial charge in [0.2, 0.25) is 12.7 Å². The highest BCUT2D eigenvalue weighted by molar-refractivity contribution is 5.91. The van der Waals surface area contributed by atoms with Crippen molar-refractivity contribution in [2.45, 2.75) is 6.54 Å². The van der Waals surface area contributed by atoms with E-state index in [1.165, 1.54) is 12.1 Å². The second-order valence-electron chi connectivity index (χ2n) is 6.85. The lowest BCUT2D eigenvalue weighted by Gasteiger charge is -2.24. The van der Waals surface area contributed by atoms with Gasteiger partial charge in [0.1, 0.15) is 17.9 Å². The molecule has 5 nitrogen and oxygen atoms in total. The lowest BCUT2D eigenvalue weighted by atomic mass is 10.1. The summed E-state index contributed by atoms with van der Waals surface area (Å²) in [5.74, 6) is 1.49. The zero-order valence-electron chi connectivity index (χ0n) is 16.0. The van der Waals surface area contributed by atoms with Crippen molar-refractivity contribution in [3.8, 4) is 11.4 Å².